The first-order chi connectivity index (χ1) is 10.4. The molecule has 1 amide bonds. The number of aromatic nitrogens is 4. The molecule has 8 heteroatoms. The average Bonchev–Trinajstić information content (AvgIpc) is 3.00. The van der Waals surface area contributed by atoms with Gasteiger partial charge in [-0.3, -0.25) is 14.2 Å². The van der Waals surface area contributed by atoms with Crippen LogP contribution in [-0.4, -0.2) is 37.4 Å². The molecule has 0 aliphatic heterocycles. The molecular weight excluding hydrogens is 414 g/mol. The van der Waals surface area contributed by atoms with E-state index in [1.54, 1.807) is 15.8 Å². The Morgan fingerprint density at radius 3 is 2.68 bits per heavy atom. The third-order valence-electron chi connectivity index (χ3n) is 3.45. The van der Waals surface area contributed by atoms with Gasteiger partial charge in [0.05, 0.1) is 33.1 Å². The summed E-state index contributed by atoms with van der Waals surface area (Å²) in [6.07, 6.45) is 4.08. The number of hydrogen-bond donors (Lipinski definition) is 0. The van der Waals surface area contributed by atoms with E-state index in [4.69, 9.17) is 0 Å². The zero-order valence-electron chi connectivity index (χ0n) is 12.9. The fraction of sp³-hybridized carbons (Fsp3) is 0.500. The van der Waals surface area contributed by atoms with Crippen LogP contribution < -0.4 is 0 Å². The van der Waals surface area contributed by atoms with E-state index in [1.807, 2.05) is 31.8 Å². The lowest BCUT2D eigenvalue weighted by molar-refractivity contribution is -0.130. The summed E-state index contributed by atoms with van der Waals surface area (Å²) in [4.78, 5) is 14.0. The van der Waals surface area contributed by atoms with Crippen molar-refractivity contribution in [3.8, 4) is 0 Å². The molecule has 6 nitrogen and oxygen atoms in total. The zero-order valence-corrected chi connectivity index (χ0v) is 16.1. The highest BCUT2D eigenvalue weighted by molar-refractivity contribution is 9.10. The van der Waals surface area contributed by atoms with E-state index in [0.29, 0.717) is 19.5 Å². The second-order valence-electron chi connectivity index (χ2n) is 5.08. The van der Waals surface area contributed by atoms with Gasteiger partial charge in [0.25, 0.3) is 0 Å². The van der Waals surface area contributed by atoms with Gasteiger partial charge in [0, 0.05) is 32.8 Å². The summed E-state index contributed by atoms with van der Waals surface area (Å²) in [5, 5.41) is 8.60. The third-order valence-corrected chi connectivity index (χ3v) is 4.89. The number of aryl methyl sites for hydroxylation is 3. The minimum atomic E-state index is 0.0834. The third kappa shape index (κ3) is 3.98. The van der Waals surface area contributed by atoms with Crippen LogP contribution in [0, 0.1) is 6.92 Å². The van der Waals surface area contributed by atoms with E-state index in [-0.39, 0.29) is 5.91 Å². The Balaban J connectivity index is 1.93. The van der Waals surface area contributed by atoms with E-state index in [2.05, 4.69) is 42.1 Å². The monoisotopic (exact) mass is 431 g/mol. The highest BCUT2D eigenvalue weighted by Crippen LogP contribution is 2.18. The largest absolute Gasteiger partial charge is 0.340 e. The maximum absolute atomic E-state index is 12.3. The summed E-state index contributed by atoms with van der Waals surface area (Å²) in [5.41, 5.74) is 1.94. The molecule has 2 aromatic heterocycles. The molecule has 0 fully saturated rings. The van der Waals surface area contributed by atoms with Crippen molar-refractivity contribution in [3.63, 3.8) is 0 Å². The Hall–Kier alpha value is -1.15. The second-order valence-corrected chi connectivity index (χ2v) is 6.79. The van der Waals surface area contributed by atoms with Crippen molar-refractivity contribution >= 4 is 37.8 Å². The summed E-state index contributed by atoms with van der Waals surface area (Å²) in [7, 11) is 1.81. The molecule has 0 saturated heterocycles. The molecule has 0 bridgehead atoms. The molecular formula is C14H19Br2N5O. The predicted octanol–water partition coefficient (Wildman–Crippen LogP) is 2.98. The van der Waals surface area contributed by atoms with Gasteiger partial charge in [-0.15, -0.1) is 0 Å². The number of carbonyl (C=O) groups excluding carboxylic acids is 1. The highest BCUT2D eigenvalue weighted by atomic mass is 79.9. The lowest BCUT2D eigenvalue weighted by Gasteiger charge is -2.18. The van der Waals surface area contributed by atoms with Crippen molar-refractivity contribution in [2.45, 2.75) is 39.9 Å². The molecule has 0 saturated carbocycles. The molecule has 0 radical (unpaired) electrons. The van der Waals surface area contributed by atoms with Gasteiger partial charge in [0.2, 0.25) is 5.91 Å². The van der Waals surface area contributed by atoms with Crippen LogP contribution in [0.25, 0.3) is 0 Å². The van der Waals surface area contributed by atoms with Gasteiger partial charge < -0.3 is 4.90 Å². The van der Waals surface area contributed by atoms with E-state index in [1.165, 1.54) is 0 Å². The highest BCUT2D eigenvalue weighted by Gasteiger charge is 2.15. The number of halogens is 2. The van der Waals surface area contributed by atoms with Gasteiger partial charge in [-0.25, -0.2) is 0 Å². The van der Waals surface area contributed by atoms with E-state index in [0.717, 1.165) is 26.9 Å². The van der Waals surface area contributed by atoms with Gasteiger partial charge in [0.1, 0.15) is 0 Å². The number of carbonyl (C=O) groups is 1. The molecule has 0 unspecified atom stereocenters. The van der Waals surface area contributed by atoms with Crippen molar-refractivity contribution in [2.75, 3.05) is 7.05 Å². The Labute approximate surface area is 146 Å². The van der Waals surface area contributed by atoms with Gasteiger partial charge >= 0.3 is 0 Å². The molecule has 2 aromatic rings. The molecule has 0 atom stereocenters. The molecule has 120 valence electrons. The Kier molecular flexibility index (Phi) is 5.80. The average molecular weight is 433 g/mol. The lowest BCUT2D eigenvalue weighted by Crippen LogP contribution is -2.28. The Bertz CT molecular complexity index is 645. The van der Waals surface area contributed by atoms with Crippen molar-refractivity contribution in [2.24, 2.45) is 0 Å². The zero-order chi connectivity index (χ0) is 16.3. The standard InChI is InChI=1S/C14H19Br2N5O/c1-4-21-13(11(15)7-17-21)9-19(3)14(22)5-6-20-8-12(16)10(2)18-20/h7-8H,4-6,9H2,1-3H3. The van der Waals surface area contributed by atoms with Crippen LogP contribution in [0.5, 0.6) is 0 Å². The molecule has 2 heterocycles. The first-order valence-corrected chi connectivity index (χ1v) is 8.64. The quantitative estimate of drug-likeness (QED) is 0.704. The normalized spacial score (nSPS) is 11.0. The van der Waals surface area contributed by atoms with Crippen LogP contribution in [0.1, 0.15) is 24.7 Å². The van der Waals surface area contributed by atoms with Crippen molar-refractivity contribution in [3.05, 3.63) is 32.7 Å². The van der Waals surface area contributed by atoms with Crippen LogP contribution in [0.4, 0.5) is 0 Å². The molecule has 22 heavy (non-hydrogen) atoms. The minimum Gasteiger partial charge on any atom is -0.340 e. The van der Waals surface area contributed by atoms with Crippen molar-refractivity contribution in [1.82, 2.24) is 24.5 Å². The summed E-state index contributed by atoms with van der Waals surface area (Å²) >= 11 is 6.90. The maximum atomic E-state index is 12.3. The number of hydrogen-bond acceptors (Lipinski definition) is 3. The molecule has 0 aliphatic rings. The van der Waals surface area contributed by atoms with Crippen molar-refractivity contribution in [1.29, 1.82) is 0 Å². The number of rotatable bonds is 6. The van der Waals surface area contributed by atoms with Crippen molar-refractivity contribution < 1.29 is 4.79 Å². The van der Waals surface area contributed by atoms with Crippen LogP contribution in [0.15, 0.2) is 21.3 Å². The molecule has 0 aromatic carbocycles. The SMILES string of the molecule is CCn1ncc(Br)c1CN(C)C(=O)CCn1cc(Br)c(C)n1. The predicted molar refractivity (Wildman–Crippen MR) is 91.4 cm³/mol. The number of amides is 1. The van der Waals surface area contributed by atoms with E-state index < -0.39 is 0 Å². The van der Waals surface area contributed by atoms with Gasteiger partial charge in [-0.1, -0.05) is 0 Å². The first-order valence-electron chi connectivity index (χ1n) is 7.06. The molecule has 0 N–H and O–H groups in total. The topological polar surface area (TPSA) is 56.0 Å². The summed E-state index contributed by atoms with van der Waals surface area (Å²) in [6, 6.07) is 0. The van der Waals surface area contributed by atoms with Crippen LogP contribution >= 0.6 is 31.9 Å². The van der Waals surface area contributed by atoms with Gasteiger partial charge in [-0.2, -0.15) is 10.2 Å². The molecule has 2 rings (SSSR count). The smallest absolute Gasteiger partial charge is 0.224 e. The lowest BCUT2D eigenvalue weighted by atomic mass is 10.3. The van der Waals surface area contributed by atoms with Gasteiger partial charge in [-0.05, 0) is 45.7 Å². The fourth-order valence-electron chi connectivity index (χ4n) is 2.14. The summed E-state index contributed by atoms with van der Waals surface area (Å²) in [5.74, 6) is 0.0834. The van der Waals surface area contributed by atoms with Gasteiger partial charge in [0.15, 0.2) is 0 Å². The van der Waals surface area contributed by atoms with E-state index in [9.17, 15) is 4.79 Å². The molecule has 0 spiro atoms. The Morgan fingerprint density at radius 2 is 2.09 bits per heavy atom. The van der Waals surface area contributed by atoms with Crippen LogP contribution in [0.2, 0.25) is 0 Å². The maximum Gasteiger partial charge on any atom is 0.224 e. The summed E-state index contributed by atoms with van der Waals surface area (Å²) in [6.45, 7) is 5.85. The summed E-state index contributed by atoms with van der Waals surface area (Å²) < 4.78 is 5.57. The minimum absolute atomic E-state index is 0.0834. The second kappa shape index (κ2) is 7.41. The van der Waals surface area contributed by atoms with Crippen LogP contribution in [0.3, 0.4) is 0 Å². The first kappa shape index (κ1) is 17.2. The van der Waals surface area contributed by atoms with Crippen LogP contribution in [-0.2, 0) is 24.4 Å². The fourth-order valence-corrected chi connectivity index (χ4v) is 2.88. The van der Waals surface area contributed by atoms with E-state index >= 15 is 0 Å². The molecule has 0 aliphatic carbocycles. The number of nitrogens with zero attached hydrogens (tertiary/aromatic N) is 5. The Morgan fingerprint density at radius 1 is 1.36 bits per heavy atom.